The Hall–Kier alpha value is -0.640. The zero-order valence-electron chi connectivity index (χ0n) is 11.6. The molecule has 2 rings (SSSR count). The quantitative estimate of drug-likeness (QED) is 0.690. The molecule has 2 atom stereocenters. The molecule has 106 valence electrons. The van der Waals surface area contributed by atoms with Crippen molar-refractivity contribution in [1.29, 1.82) is 0 Å². The summed E-state index contributed by atoms with van der Waals surface area (Å²) in [6, 6.07) is 14.1. The maximum Gasteiger partial charge on any atom is 0.105 e. The molecule has 0 saturated heterocycles. The van der Waals surface area contributed by atoms with Crippen LogP contribution in [0.2, 0.25) is 0 Å². The Morgan fingerprint density at radius 3 is 2.20 bits per heavy atom. The maximum absolute atomic E-state index is 10.5. The molecule has 0 saturated carbocycles. The lowest BCUT2D eigenvalue weighted by molar-refractivity contribution is 0.219. The van der Waals surface area contributed by atoms with Crippen molar-refractivity contribution in [3.63, 3.8) is 0 Å². The molecule has 0 amide bonds. The van der Waals surface area contributed by atoms with Crippen LogP contribution < -0.4 is 0 Å². The minimum Gasteiger partial charge on any atom is -0.384 e. The van der Waals surface area contributed by atoms with Crippen LogP contribution in [0, 0.1) is 0 Å². The summed E-state index contributed by atoms with van der Waals surface area (Å²) in [6.45, 7) is 4.41. The lowest BCUT2D eigenvalue weighted by Crippen LogP contribution is -2.01. The molecule has 2 aromatic carbocycles. The van der Waals surface area contributed by atoms with Crippen molar-refractivity contribution in [1.82, 2.24) is 0 Å². The highest BCUT2D eigenvalue weighted by atomic mass is 79.9. The van der Waals surface area contributed by atoms with Gasteiger partial charge in [-0.25, -0.2) is 0 Å². The molecule has 2 unspecified atom stereocenters. The molecule has 0 aliphatic rings. The van der Waals surface area contributed by atoms with Gasteiger partial charge >= 0.3 is 0 Å². The molecular formula is C17H18Br2O. The largest absolute Gasteiger partial charge is 0.384 e. The van der Waals surface area contributed by atoms with Gasteiger partial charge in [-0.1, -0.05) is 70.0 Å². The van der Waals surface area contributed by atoms with Crippen molar-refractivity contribution < 1.29 is 5.11 Å². The van der Waals surface area contributed by atoms with Gasteiger partial charge in [-0.3, -0.25) is 0 Å². The van der Waals surface area contributed by atoms with Gasteiger partial charge in [0.1, 0.15) is 6.10 Å². The van der Waals surface area contributed by atoms with Crippen LogP contribution >= 0.6 is 31.9 Å². The molecule has 0 spiro atoms. The Balaban J connectivity index is 2.29. The average molecular weight is 398 g/mol. The fourth-order valence-corrected chi connectivity index (χ4v) is 2.99. The van der Waals surface area contributed by atoms with E-state index in [-0.39, 0.29) is 0 Å². The van der Waals surface area contributed by atoms with Crippen molar-refractivity contribution in [3.05, 3.63) is 68.1 Å². The number of hydrogen-bond donors (Lipinski definition) is 1. The smallest absolute Gasteiger partial charge is 0.105 e. The maximum atomic E-state index is 10.5. The zero-order valence-corrected chi connectivity index (χ0v) is 14.8. The monoisotopic (exact) mass is 396 g/mol. The van der Waals surface area contributed by atoms with Gasteiger partial charge in [0, 0.05) is 14.5 Å². The standard InChI is InChI=1S/C17H18Br2O/c1-3-11(2)12-4-6-13(7-5-12)17(20)15-10-14(18)8-9-16(15)19/h4-11,17,20H,3H2,1-2H3. The van der Waals surface area contributed by atoms with Crippen molar-refractivity contribution in [2.24, 2.45) is 0 Å². The second-order valence-electron chi connectivity index (χ2n) is 5.04. The van der Waals surface area contributed by atoms with Gasteiger partial charge in [-0.05, 0) is 41.7 Å². The first-order valence-electron chi connectivity index (χ1n) is 6.75. The molecule has 1 N–H and O–H groups in total. The number of aliphatic hydroxyl groups excluding tert-OH is 1. The summed E-state index contributed by atoms with van der Waals surface area (Å²) < 4.78 is 1.88. The Labute approximate surface area is 137 Å². The van der Waals surface area contributed by atoms with E-state index in [1.807, 2.05) is 30.3 Å². The van der Waals surface area contributed by atoms with Crippen molar-refractivity contribution in [3.8, 4) is 0 Å². The SMILES string of the molecule is CCC(C)c1ccc(C(O)c2cc(Br)ccc2Br)cc1. The van der Waals surface area contributed by atoms with E-state index in [0.29, 0.717) is 5.92 Å². The number of rotatable bonds is 4. The third-order valence-corrected chi connectivity index (χ3v) is 4.90. The molecule has 3 heteroatoms. The molecule has 0 fully saturated rings. The molecule has 2 aromatic rings. The van der Waals surface area contributed by atoms with Crippen LogP contribution in [0.3, 0.4) is 0 Å². The van der Waals surface area contributed by atoms with E-state index >= 15 is 0 Å². The van der Waals surface area contributed by atoms with Crippen LogP contribution in [-0.4, -0.2) is 5.11 Å². The van der Waals surface area contributed by atoms with Gasteiger partial charge < -0.3 is 5.11 Å². The van der Waals surface area contributed by atoms with E-state index in [0.717, 1.165) is 26.5 Å². The van der Waals surface area contributed by atoms with Gasteiger partial charge in [0.15, 0.2) is 0 Å². The topological polar surface area (TPSA) is 20.2 Å². The number of aliphatic hydroxyl groups is 1. The van der Waals surface area contributed by atoms with Crippen LogP contribution in [0.5, 0.6) is 0 Å². The van der Waals surface area contributed by atoms with Crippen molar-refractivity contribution in [2.75, 3.05) is 0 Å². The second kappa shape index (κ2) is 6.88. The minimum atomic E-state index is -0.618. The first-order valence-corrected chi connectivity index (χ1v) is 8.34. The molecule has 1 nitrogen and oxygen atoms in total. The van der Waals surface area contributed by atoms with Crippen LogP contribution in [0.1, 0.15) is 49.0 Å². The molecule has 0 aromatic heterocycles. The fraction of sp³-hybridized carbons (Fsp3) is 0.294. The van der Waals surface area contributed by atoms with Crippen LogP contribution in [-0.2, 0) is 0 Å². The highest BCUT2D eigenvalue weighted by Gasteiger charge is 2.14. The second-order valence-corrected chi connectivity index (χ2v) is 6.81. The third kappa shape index (κ3) is 3.51. The fourth-order valence-electron chi connectivity index (χ4n) is 2.15. The molecule has 20 heavy (non-hydrogen) atoms. The highest BCUT2D eigenvalue weighted by molar-refractivity contribution is 9.11. The van der Waals surface area contributed by atoms with Crippen molar-refractivity contribution in [2.45, 2.75) is 32.3 Å². The van der Waals surface area contributed by atoms with E-state index in [1.54, 1.807) is 0 Å². The Bertz CT molecular complexity index is 578. The lowest BCUT2D eigenvalue weighted by atomic mass is 9.95. The van der Waals surface area contributed by atoms with Gasteiger partial charge in [-0.15, -0.1) is 0 Å². The molecule has 0 radical (unpaired) electrons. The molecule has 0 bridgehead atoms. The first kappa shape index (κ1) is 15.7. The van der Waals surface area contributed by atoms with Gasteiger partial charge in [-0.2, -0.15) is 0 Å². The number of hydrogen-bond acceptors (Lipinski definition) is 1. The molecular weight excluding hydrogens is 380 g/mol. The van der Waals surface area contributed by atoms with E-state index < -0.39 is 6.10 Å². The Morgan fingerprint density at radius 2 is 1.60 bits per heavy atom. The third-order valence-electron chi connectivity index (χ3n) is 3.69. The van der Waals surface area contributed by atoms with Crippen LogP contribution in [0.15, 0.2) is 51.4 Å². The summed E-state index contributed by atoms with van der Waals surface area (Å²) in [5.74, 6) is 0.554. The van der Waals surface area contributed by atoms with E-state index in [2.05, 4.69) is 57.8 Å². The average Bonchev–Trinajstić information content (AvgIpc) is 2.48. The van der Waals surface area contributed by atoms with E-state index in [1.165, 1.54) is 5.56 Å². The molecule has 0 aliphatic carbocycles. The summed E-state index contributed by atoms with van der Waals surface area (Å²) in [5, 5.41) is 10.5. The summed E-state index contributed by atoms with van der Waals surface area (Å²) in [5.41, 5.74) is 3.10. The molecule has 0 heterocycles. The minimum absolute atomic E-state index is 0.554. The normalized spacial score (nSPS) is 14.1. The van der Waals surface area contributed by atoms with Gasteiger partial charge in [0.25, 0.3) is 0 Å². The van der Waals surface area contributed by atoms with E-state index in [4.69, 9.17) is 0 Å². The van der Waals surface area contributed by atoms with Gasteiger partial charge in [0.2, 0.25) is 0 Å². The zero-order chi connectivity index (χ0) is 14.7. The summed E-state index contributed by atoms with van der Waals surface area (Å²) >= 11 is 6.94. The van der Waals surface area contributed by atoms with Gasteiger partial charge in [0.05, 0.1) is 0 Å². The van der Waals surface area contributed by atoms with E-state index in [9.17, 15) is 5.11 Å². The van der Waals surface area contributed by atoms with Crippen LogP contribution in [0.4, 0.5) is 0 Å². The molecule has 0 aliphatic heterocycles. The summed E-state index contributed by atoms with van der Waals surface area (Å²) in [4.78, 5) is 0. The predicted molar refractivity (Wildman–Crippen MR) is 91.1 cm³/mol. The first-order chi connectivity index (χ1) is 9.52. The Morgan fingerprint density at radius 1 is 1.00 bits per heavy atom. The number of benzene rings is 2. The van der Waals surface area contributed by atoms with Crippen molar-refractivity contribution >= 4 is 31.9 Å². The summed E-state index contributed by atoms with van der Waals surface area (Å²) in [7, 11) is 0. The lowest BCUT2D eigenvalue weighted by Gasteiger charge is -2.15. The summed E-state index contributed by atoms with van der Waals surface area (Å²) in [6.07, 6.45) is 0.506. The predicted octanol–water partition coefficient (Wildman–Crippen LogP) is 5.81. The van der Waals surface area contributed by atoms with Crippen LogP contribution in [0.25, 0.3) is 0 Å². The number of halogens is 2. The Kier molecular flexibility index (Phi) is 5.42. The highest BCUT2D eigenvalue weighted by Crippen LogP contribution is 2.31.